The maximum Gasteiger partial charge on any atom is 0.335 e. The molecule has 4 rings (SSSR count). The lowest BCUT2D eigenvalue weighted by atomic mass is 9.91. The Morgan fingerprint density at radius 3 is 2.18 bits per heavy atom. The van der Waals surface area contributed by atoms with Crippen LogP contribution in [0.1, 0.15) is 37.8 Å². The molecule has 0 radical (unpaired) electrons. The van der Waals surface area contributed by atoms with E-state index in [9.17, 15) is 28.2 Å². The molecule has 1 aromatic heterocycles. The van der Waals surface area contributed by atoms with Crippen molar-refractivity contribution in [3.05, 3.63) is 100 Å². The zero-order chi connectivity index (χ0) is 24.5. The summed E-state index contributed by atoms with van der Waals surface area (Å²) in [5.74, 6) is -3.36. The molecule has 1 atom stereocenters. The number of sulfonamides is 1. The fourth-order valence-electron chi connectivity index (χ4n) is 3.80. The number of hydrogen-bond acceptors (Lipinski definition) is 4. The number of rotatable bonds is 8. The van der Waals surface area contributed by atoms with Crippen LogP contribution in [-0.2, 0) is 10.0 Å². The normalized spacial score (nSPS) is 12.5. The molecule has 0 aliphatic rings. The summed E-state index contributed by atoms with van der Waals surface area (Å²) in [6.07, 6.45) is 1.79. The molecule has 0 spiro atoms. The van der Waals surface area contributed by atoms with Gasteiger partial charge in [-0.2, -0.15) is 0 Å². The van der Waals surface area contributed by atoms with Crippen molar-refractivity contribution in [1.29, 1.82) is 0 Å². The molecule has 10 heteroatoms. The second kappa shape index (κ2) is 9.30. The Morgan fingerprint density at radius 1 is 0.912 bits per heavy atom. The van der Waals surface area contributed by atoms with Crippen LogP contribution < -0.4 is 4.72 Å². The van der Waals surface area contributed by atoms with Gasteiger partial charge in [0.25, 0.3) is 0 Å². The zero-order valence-electron chi connectivity index (χ0n) is 17.5. The van der Waals surface area contributed by atoms with E-state index in [2.05, 4.69) is 9.71 Å². The smallest absolute Gasteiger partial charge is 0.335 e. The standard InChI is InChI=1S/C24H19ClN2O6S/c25-21-7-3-1-5-17(21)20(19-12-26-22-8-4-2-6-18(19)22)13-27-34(32,33)16-10-14(23(28)29)9-15(11-16)24(30)31/h1-12,20,26-27H,13H2,(H,28,29)(H,30,31). The quantitative estimate of drug-likeness (QED) is 0.285. The van der Waals surface area contributed by atoms with Gasteiger partial charge in [0.1, 0.15) is 0 Å². The van der Waals surface area contributed by atoms with Crippen molar-refractivity contribution >= 4 is 44.5 Å². The first kappa shape index (κ1) is 23.5. The summed E-state index contributed by atoms with van der Waals surface area (Å²) >= 11 is 6.45. The highest BCUT2D eigenvalue weighted by molar-refractivity contribution is 7.89. The number of carboxylic acids is 2. The van der Waals surface area contributed by atoms with E-state index in [0.29, 0.717) is 10.6 Å². The molecule has 3 aromatic carbocycles. The number of hydrogen-bond donors (Lipinski definition) is 4. The average Bonchev–Trinajstić information content (AvgIpc) is 3.24. The fraction of sp³-hybridized carbons (Fsp3) is 0.0833. The summed E-state index contributed by atoms with van der Waals surface area (Å²) < 4.78 is 28.7. The maximum atomic E-state index is 13.1. The lowest BCUT2D eigenvalue weighted by Gasteiger charge is -2.19. The topological polar surface area (TPSA) is 137 Å². The summed E-state index contributed by atoms with van der Waals surface area (Å²) in [7, 11) is -4.26. The highest BCUT2D eigenvalue weighted by atomic mass is 35.5. The van der Waals surface area contributed by atoms with Crippen LogP contribution in [0.2, 0.25) is 5.02 Å². The van der Waals surface area contributed by atoms with Crippen LogP contribution in [0.5, 0.6) is 0 Å². The molecule has 4 aromatic rings. The Morgan fingerprint density at radius 2 is 1.53 bits per heavy atom. The summed E-state index contributed by atoms with van der Waals surface area (Å²) in [6, 6.07) is 17.4. The first-order chi connectivity index (χ1) is 16.2. The van der Waals surface area contributed by atoms with E-state index in [1.54, 1.807) is 30.5 Å². The highest BCUT2D eigenvalue weighted by Crippen LogP contribution is 2.34. The molecule has 4 N–H and O–H groups in total. The molecule has 0 fully saturated rings. The molecule has 34 heavy (non-hydrogen) atoms. The van der Waals surface area contributed by atoms with E-state index in [1.165, 1.54) is 0 Å². The molecule has 1 heterocycles. The van der Waals surface area contributed by atoms with E-state index in [-0.39, 0.29) is 6.54 Å². The minimum atomic E-state index is -4.26. The van der Waals surface area contributed by atoms with E-state index in [1.807, 2.05) is 24.3 Å². The van der Waals surface area contributed by atoms with Crippen LogP contribution in [0, 0.1) is 0 Å². The zero-order valence-corrected chi connectivity index (χ0v) is 19.1. The van der Waals surface area contributed by atoms with Gasteiger partial charge in [-0.25, -0.2) is 22.7 Å². The van der Waals surface area contributed by atoms with Gasteiger partial charge < -0.3 is 15.2 Å². The molecule has 0 bridgehead atoms. The molecule has 174 valence electrons. The number of H-pyrrole nitrogens is 1. The lowest BCUT2D eigenvalue weighted by Crippen LogP contribution is -2.29. The van der Waals surface area contributed by atoms with E-state index in [4.69, 9.17) is 11.6 Å². The molecule has 0 amide bonds. The Kier molecular flexibility index (Phi) is 6.43. The second-order valence-electron chi connectivity index (χ2n) is 7.57. The molecule has 8 nitrogen and oxygen atoms in total. The monoisotopic (exact) mass is 498 g/mol. The predicted molar refractivity (Wildman–Crippen MR) is 127 cm³/mol. The number of benzene rings is 3. The maximum absolute atomic E-state index is 13.1. The van der Waals surface area contributed by atoms with Gasteiger partial charge in [-0.3, -0.25) is 0 Å². The molecule has 0 saturated heterocycles. The van der Waals surface area contributed by atoms with Gasteiger partial charge in [0.05, 0.1) is 16.0 Å². The molecule has 0 saturated carbocycles. The van der Waals surface area contributed by atoms with Crippen LogP contribution in [0.4, 0.5) is 0 Å². The Hall–Kier alpha value is -3.66. The first-order valence-corrected chi connectivity index (χ1v) is 12.0. The van der Waals surface area contributed by atoms with Gasteiger partial charge in [-0.05, 0) is 41.5 Å². The van der Waals surface area contributed by atoms with Crippen LogP contribution in [0.25, 0.3) is 10.9 Å². The number of aromatic carboxylic acids is 2. The van der Waals surface area contributed by atoms with Crippen LogP contribution in [0.15, 0.2) is 77.8 Å². The summed E-state index contributed by atoms with van der Waals surface area (Å²) in [5, 5.41) is 19.9. The van der Waals surface area contributed by atoms with Gasteiger partial charge in [0.15, 0.2) is 0 Å². The van der Waals surface area contributed by atoms with E-state index in [0.717, 1.165) is 34.7 Å². The van der Waals surface area contributed by atoms with Crippen molar-refractivity contribution in [3.8, 4) is 0 Å². The van der Waals surface area contributed by atoms with E-state index >= 15 is 0 Å². The number of para-hydroxylation sites is 1. The van der Waals surface area contributed by atoms with E-state index < -0.39 is 43.9 Å². The van der Waals surface area contributed by atoms with Gasteiger partial charge in [-0.1, -0.05) is 48.0 Å². The highest BCUT2D eigenvalue weighted by Gasteiger charge is 2.25. The van der Waals surface area contributed by atoms with Crippen LogP contribution in [-0.4, -0.2) is 42.1 Å². The predicted octanol–water partition coefficient (Wildman–Crippen LogP) is 4.33. The summed E-state index contributed by atoms with van der Waals surface area (Å²) in [6.45, 7) is -0.104. The van der Waals surface area contributed by atoms with Crippen molar-refractivity contribution in [2.75, 3.05) is 6.54 Å². The van der Waals surface area contributed by atoms with Crippen molar-refractivity contribution in [2.24, 2.45) is 0 Å². The third-order valence-corrected chi connectivity index (χ3v) is 7.21. The second-order valence-corrected chi connectivity index (χ2v) is 9.75. The summed E-state index contributed by atoms with van der Waals surface area (Å²) in [5.41, 5.74) is 1.50. The molecule has 0 aliphatic carbocycles. The third-order valence-electron chi connectivity index (χ3n) is 5.47. The lowest BCUT2D eigenvalue weighted by molar-refractivity contribution is 0.0696. The average molecular weight is 499 g/mol. The largest absolute Gasteiger partial charge is 0.478 e. The van der Waals surface area contributed by atoms with Gasteiger partial charge in [0.2, 0.25) is 10.0 Å². The molecular weight excluding hydrogens is 480 g/mol. The number of halogens is 1. The SMILES string of the molecule is O=C(O)c1cc(C(=O)O)cc(S(=O)(=O)NCC(c2ccccc2Cl)c2c[nH]c3ccccc23)c1. The van der Waals surface area contributed by atoms with Crippen molar-refractivity contribution < 1.29 is 28.2 Å². The Balaban J connectivity index is 1.74. The van der Waals surface area contributed by atoms with Crippen LogP contribution in [0.3, 0.4) is 0 Å². The van der Waals surface area contributed by atoms with Gasteiger partial charge in [0, 0.05) is 34.6 Å². The number of fused-ring (bicyclic) bond motifs is 1. The summed E-state index contributed by atoms with van der Waals surface area (Å²) in [4.78, 5) is 25.5. The Bertz CT molecular complexity index is 1480. The Labute approximate surface area is 199 Å². The number of carbonyl (C=O) groups is 2. The van der Waals surface area contributed by atoms with Crippen molar-refractivity contribution in [2.45, 2.75) is 10.8 Å². The number of carboxylic acid groups (broad SMARTS) is 2. The van der Waals surface area contributed by atoms with Crippen molar-refractivity contribution in [3.63, 3.8) is 0 Å². The number of aromatic nitrogens is 1. The third kappa shape index (κ3) is 4.67. The van der Waals surface area contributed by atoms with Crippen molar-refractivity contribution in [1.82, 2.24) is 9.71 Å². The minimum Gasteiger partial charge on any atom is -0.478 e. The fourth-order valence-corrected chi connectivity index (χ4v) is 5.19. The van der Waals surface area contributed by atoms with Gasteiger partial charge in [-0.15, -0.1) is 0 Å². The molecular formula is C24H19ClN2O6S. The minimum absolute atomic E-state index is 0.104. The number of nitrogens with one attached hydrogen (secondary N) is 2. The molecule has 0 aliphatic heterocycles. The molecule has 1 unspecified atom stereocenters. The van der Waals surface area contributed by atoms with Crippen LogP contribution >= 0.6 is 11.6 Å². The first-order valence-electron chi connectivity index (χ1n) is 10.1. The number of aromatic amines is 1. The van der Waals surface area contributed by atoms with Gasteiger partial charge >= 0.3 is 11.9 Å².